The highest BCUT2D eigenvalue weighted by atomic mass is 16.2. The number of benzene rings is 1. The molecule has 1 rings (SSSR count). The first-order valence-corrected chi connectivity index (χ1v) is 6.75. The summed E-state index contributed by atoms with van der Waals surface area (Å²) in [5.41, 5.74) is 1.13. The van der Waals surface area contributed by atoms with Gasteiger partial charge in [0.2, 0.25) is 11.8 Å². The minimum Gasteiger partial charge on any atom is -0.347 e. The van der Waals surface area contributed by atoms with E-state index in [2.05, 4.69) is 5.32 Å². The predicted octanol–water partition coefficient (Wildman–Crippen LogP) is 1.60. The zero-order chi connectivity index (χ0) is 14.1. The lowest BCUT2D eigenvalue weighted by molar-refractivity contribution is -0.132. The summed E-state index contributed by atoms with van der Waals surface area (Å²) in [4.78, 5) is 25.0. The van der Waals surface area contributed by atoms with Crippen LogP contribution in [0.2, 0.25) is 0 Å². The van der Waals surface area contributed by atoms with Gasteiger partial charge in [0.15, 0.2) is 0 Å². The van der Waals surface area contributed by atoms with Gasteiger partial charge >= 0.3 is 0 Å². The van der Waals surface area contributed by atoms with Crippen molar-refractivity contribution in [2.24, 2.45) is 0 Å². The summed E-state index contributed by atoms with van der Waals surface area (Å²) in [6.45, 7) is 5.30. The molecule has 0 aromatic heterocycles. The molecule has 19 heavy (non-hydrogen) atoms. The molecule has 0 aliphatic rings. The Morgan fingerprint density at radius 1 is 1.11 bits per heavy atom. The number of nitrogens with one attached hydrogen (secondary N) is 1. The van der Waals surface area contributed by atoms with Gasteiger partial charge in [0, 0.05) is 19.5 Å². The van der Waals surface area contributed by atoms with Gasteiger partial charge in [-0.25, -0.2) is 0 Å². The van der Waals surface area contributed by atoms with Gasteiger partial charge in [-0.1, -0.05) is 30.3 Å². The van der Waals surface area contributed by atoms with Gasteiger partial charge in [-0.15, -0.1) is 0 Å². The molecule has 0 saturated heterocycles. The van der Waals surface area contributed by atoms with Crippen LogP contribution in [0.15, 0.2) is 30.3 Å². The van der Waals surface area contributed by atoms with E-state index in [9.17, 15) is 9.59 Å². The number of aryl methyl sites for hydroxylation is 1. The van der Waals surface area contributed by atoms with E-state index in [1.165, 1.54) is 0 Å². The molecular weight excluding hydrogens is 240 g/mol. The van der Waals surface area contributed by atoms with Gasteiger partial charge in [0.1, 0.15) is 0 Å². The molecule has 0 heterocycles. The SMILES string of the molecule is CCN(CC)C(=O)CNC(=O)CCc1ccccc1. The van der Waals surface area contributed by atoms with Crippen LogP contribution in [0.3, 0.4) is 0 Å². The fraction of sp³-hybridized carbons (Fsp3) is 0.467. The molecule has 4 heteroatoms. The Balaban J connectivity index is 2.26. The summed E-state index contributed by atoms with van der Waals surface area (Å²) in [5.74, 6) is -0.109. The quantitative estimate of drug-likeness (QED) is 0.811. The molecule has 1 aromatic rings. The van der Waals surface area contributed by atoms with E-state index in [0.717, 1.165) is 5.56 Å². The molecule has 4 nitrogen and oxygen atoms in total. The largest absolute Gasteiger partial charge is 0.347 e. The molecule has 0 radical (unpaired) electrons. The van der Waals surface area contributed by atoms with Crippen LogP contribution in [0.25, 0.3) is 0 Å². The zero-order valence-corrected chi connectivity index (χ0v) is 11.7. The molecule has 0 bridgehead atoms. The van der Waals surface area contributed by atoms with Gasteiger partial charge < -0.3 is 10.2 Å². The Labute approximate surface area is 114 Å². The summed E-state index contributed by atoms with van der Waals surface area (Å²) in [6, 6.07) is 9.85. The first-order valence-electron chi connectivity index (χ1n) is 6.75. The molecule has 0 spiro atoms. The Morgan fingerprint density at radius 3 is 2.32 bits per heavy atom. The highest BCUT2D eigenvalue weighted by Crippen LogP contribution is 2.01. The van der Waals surface area contributed by atoms with Crippen LogP contribution in [0.4, 0.5) is 0 Å². The minimum absolute atomic E-state index is 0.0296. The van der Waals surface area contributed by atoms with Crippen molar-refractivity contribution in [2.45, 2.75) is 26.7 Å². The summed E-state index contributed by atoms with van der Waals surface area (Å²) in [6.07, 6.45) is 1.11. The first-order chi connectivity index (χ1) is 9.17. The van der Waals surface area contributed by atoms with E-state index in [1.54, 1.807) is 4.90 Å². The van der Waals surface area contributed by atoms with Crippen LogP contribution in [0, 0.1) is 0 Å². The number of hydrogen-bond acceptors (Lipinski definition) is 2. The highest BCUT2D eigenvalue weighted by molar-refractivity contribution is 5.84. The Morgan fingerprint density at radius 2 is 1.74 bits per heavy atom. The van der Waals surface area contributed by atoms with Gasteiger partial charge in [0.05, 0.1) is 6.54 Å². The predicted molar refractivity (Wildman–Crippen MR) is 75.7 cm³/mol. The van der Waals surface area contributed by atoms with Crippen LogP contribution in [0.1, 0.15) is 25.8 Å². The van der Waals surface area contributed by atoms with Crippen molar-refractivity contribution in [3.8, 4) is 0 Å². The van der Waals surface area contributed by atoms with E-state index < -0.39 is 0 Å². The lowest BCUT2D eigenvalue weighted by Crippen LogP contribution is -2.40. The van der Waals surface area contributed by atoms with Crippen LogP contribution in [-0.4, -0.2) is 36.3 Å². The van der Waals surface area contributed by atoms with Crippen molar-refractivity contribution in [3.05, 3.63) is 35.9 Å². The van der Waals surface area contributed by atoms with Gasteiger partial charge in [0.25, 0.3) is 0 Å². The molecule has 0 fully saturated rings. The standard InChI is InChI=1S/C15H22N2O2/c1-3-17(4-2)15(19)12-16-14(18)11-10-13-8-6-5-7-9-13/h5-9H,3-4,10-12H2,1-2H3,(H,16,18). The van der Waals surface area contributed by atoms with Gasteiger partial charge in [-0.2, -0.15) is 0 Å². The van der Waals surface area contributed by atoms with Crippen LogP contribution >= 0.6 is 0 Å². The lowest BCUT2D eigenvalue weighted by atomic mass is 10.1. The molecular formula is C15H22N2O2. The van der Waals surface area contributed by atoms with E-state index in [0.29, 0.717) is 25.9 Å². The van der Waals surface area contributed by atoms with Crippen molar-refractivity contribution in [2.75, 3.05) is 19.6 Å². The molecule has 1 aromatic carbocycles. The summed E-state index contributed by atoms with van der Waals surface area (Å²) in [5, 5.41) is 2.67. The summed E-state index contributed by atoms with van der Waals surface area (Å²) >= 11 is 0. The number of carbonyl (C=O) groups excluding carboxylic acids is 2. The van der Waals surface area contributed by atoms with Gasteiger partial charge in [-0.05, 0) is 25.8 Å². The maximum Gasteiger partial charge on any atom is 0.241 e. The lowest BCUT2D eigenvalue weighted by Gasteiger charge is -2.18. The van der Waals surface area contributed by atoms with Crippen LogP contribution in [0.5, 0.6) is 0 Å². The zero-order valence-electron chi connectivity index (χ0n) is 11.7. The molecule has 0 aliphatic carbocycles. The van der Waals surface area contributed by atoms with Crippen molar-refractivity contribution >= 4 is 11.8 Å². The third-order valence-corrected chi connectivity index (χ3v) is 3.04. The van der Waals surface area contributed by atoms with Crippen LogP contribution in [-0.2, 0) is 16.0 Å². The second-order valence-corrected chi connectivity index (χ2v) is 4.33. The Bertz CT molecular complexity index is 400. The molecule has 0 aliphatic heterocycles. The first kappa shape index (κ1) is 15.2. The maximum absolute atomic E-state index is 11.7. The number of hydrogen-bond donors (Lipinski definition) is 1. The fourth-order valence-corrected chi connectivity index (χ4v) is 1.85. The van der Waals surface area contributed by atoms with Crippen molar-refractivity contribution < 1.29 is 9.59 Å². The second kappa shape index (κ2) is 8.29. The normalized spacial score (nSPS) is 10.0. The molecule has 2 amide bonds. The maximum atomic E-state index is 11.7. The molecule has 1 N–H and O–H groups in total. The van der Waals surface area contributed by atoms with E-state index in [-0.39, 0.29) is 18.4 Å². The topological polar surface area (TPSA) is 49.4 Å². The minimum atomic E-state index is -0.0793. The molecule has 0 saturated carbocycles. The fourth-order valence-electron chi connectivity index (χ4n) is 1.85. The Hall–Kier alpha value is -1.84. The smallest absolute Gasteiger partial charge is 0.241 e. The summed E-state index contributed by atoms with van der Waals surface area (Å²) in [7, 11) is 0. The van der Waals surface area contributed by atoms with Crippen LogP contribution < -0.4 is 5.32 Å². The van der Waals surface area contributed by atoms with Gasteiger partial charge in [-0.3, -0.25) is 9.59 Å². The van der Waals surface area contributed by atoms with Crippen molar-refractivity contribution in [3.63, 3.8) is 0 Å². The average Bonchev–Trinajstić information content (AvgIpc) is 2.45. The second-order valence-electron chi connectivity index (χ2n) is 4.33. The van der Waals surface area contributed by atoms with E-state index in [4.69, 9.17) is 0 Å². The van der Waals surface area contributed by atoms with E-state index in [1.807, 2.05) is 44.2 Å². The number of nitrogens with zero attached hydrogens (tertiary/aromatic N) is 1. The monoisotopic (exact) mass is 262 g/mol. The summed E-state index contributed by atoms with van der Waals surface area (Å²) < 4.78 is 0. The van der Waals surface area contributed by atoms with E-state index >= 15 is 0 Å². The average molecular weight is 262 g/mol. The number of likely N-dealkylation sites (N-methyl/N-ethyl adjacent to an activating group) is 1. The third-order valence-electron chi connectivity index (χ3n) is 3.04. The van der Waals surface area contributed by atoms with Crippen molar-refractivity contribution in [1.82, 2.24) is 10.2 Å². The molecule has 0 unspecified atom stereocenters. The number of amides is 2. The highest BCUT2D eigenvalue weighted by Gasteiger charge is 2.10. The number of rotatable bonds is 7. The Kier molecular flexibility index (Phi) is 6.64. The third kappa shape index (κ3) is 5.55. The molecule has 104 valence electrons. The number of carbonyl (C=O) groups is 2. The van der Waals surface area contributed by atoms with Crippen molar-refractivity contribution in [1.29, 1.82) is 0 Å². The molecule has 0 atom stereocenters.